The molecule has 1 aliphatic rings. The van der Waals surface area contributed by atoms with Crippen molar-refractivity contribution < 1.29 is 9.18 Å². The average molecular weight is 362 g/mol. The molecule has 4 nitrogen and oxygen atoms in total. The Hall–Kier alpha value is -2.11. The number of urea groups is 1. The first-order chi connectivity index (χ1) is 12.0. The molecule has 25 heavy (non-hydrogen) atoms. The molecule has 6 heteroatoms. The van der Waals surface area contributed by atoms with Crippen LogP contribution in [0.5, 0.6) is 0 Å². The highest BCUT2D eigenvalue weighted by atomic mass is 35.5. The van der Waals surface area contributed by atoms with E-state index in [-0.39, 0.29) is 11.1 Å². The second-order valence-corrected chi connectivity index (χ2v) is 6.66. The third kappa shape index (κ3) is 4.50. The minimum Gasteiger partial charge on any atom is -0.322 e. The summed E-state index contributed by atoms with van der Waals surface area (Å²) in [5.41, 5.74) is 3.11. The Labute approximate surface area is 152 Å². The molecule has 0 aliphatic carbocycles. The topological polar surface area (TPSA) is 35.6 Å². The van der Waals surface area contributed by atoms with Crippen molar-refractivity contribution in [1.82, 2.24) is 9.80 Å². The van der Waals surface area contributed by atoms with Gasteiger partial charge in [0.2, 0.25) is 0 Å². The quantitative estimate of drug-likeness (QED) is 0.891. The molecule has 0 radical (unpaired) electrons. The van der Waals surface area contributed by atoms with Gasteiger partial charge in [-0.3, -0.25) is 4.90 Å². The number of anilines is 1. The lowest BCUT2D eigenvalue weighted by Gasteiger charge is -2.35. The van der Waals surface area contributed by atoms with Crippen LogP contribution in [0.4, 0.5) is 14.9 Å². The lowest BCUT2D eigenvalue weighted by molar-refractivity contribution is 0.143. The zero-order valence-electron chi connectivity index (χ0n) is 14.1. The Morgan fingerprint density at radius 2 is 1.88 bits per heavy atom. The number of nitrogens with one attached hydrogen (secondary N) is 1. The van der Waals surface area contributed by atoms with Crippen molar-refractivity contribution in [2.45, 2.75) is 13.5 Å². The fourth-order valence-corrected chi connectivity index (χ4v) is 3.09. The van der Waals surface area contributed by atoms with Gasteiger partial charge in [0.15, 0.2) is 0 Å². The summed E-state index contributed by atoms with van der Waals surface area (Å²) in [5.74, 6) is -0.496. The zero-order chi connectivity index (χ0) is 17.8. The SMILES string of the molecule is Cc1ccccc1CN1CCN(C(=O)Nc2ccc(F)c(Cl)c2)CC1. The predicted octanol–water partition coefficient (Wildman–Crippen LogP) is 4.14. The first-order valence-corrected chi connectivity index (χ1v) is 8.68. The summed E-state index contributed by atoms with van der Waals surface area (Å²) in [6.45, 7) is 5.99. The Balaban J connectivity index is 1.52. The van der Waals surface area contributed by atoms with Crippen molar-refractivity contribution in [2.24, 2.45) is 0 Å². The maximum atomic E-state index is 13.2. The van der Waals surface area contributed by atoms with Gasteiger partial charge in [0.1, 0.15) is 5.82 Å². The van der Waals surface area contributed by atoms with E-state index in [1.54, 1.807) is 4.90 Å². The third-order valence-corrected chi connectivity index (χ3v) is 4.78. The molecule has 0 unspecified atom stereocenters. The van der Waals surface area contributed by atoms with E-state index in [4.69, 9.17) is 11.6 Å². The molecular weight excluding hydrogens is 341 g/mol. The number of aryl methyl sites for hydroxylation is 1. The molecule has 0 aromatic heterocycles. The first kappa shape index (κ1) is 17.7. The van der Waals surface area contributed by atoms with Gasteiger partial charge in [0.05, 0.1) is 5.02 Å². The van der Waals surface area contributed by atoms with Gasteiger partial charge >= 0.3 is 6.03 Å². The molecule has 1 fully saturated rings. The maximum Gasteiger partial charge on any atom is 0.321 e. The van der Waals surface area contributed by atoms with E-state index >= 15 is 0 Å². The Kier molecular flexibility index (Phi) is 5.56. The lowest BCUT2D eigenvalue weighted by atomic mass is 10.1. The fraction of sp³-hybridized carbons (Fsp3) is 0.316. The number of piperazine rings is 1. The number of rotatable bonds is 3. The number of halogens is 2. The van der Waals surface area contributed by atoms with Crippen LogP contribution in [0.3, 0.4) is 0 Å². The lowest BCUT2D eigenvalue weighted by Crippen LogP contribution is -2.49. The molecule has 2 aromatic carbocycles. The molecule has 1 N–H and O–H groups in total. The van der Waals surface area contributed by atoms with E-state index in [9.17, 15) is 9.18 Å². The highest BCUT2D eigenvalue weighted by Gasteiger charge is 2.21. The molecule has 0 atom stereocenters. The van der Waals surface area contributed by atoms with E-state index in [0.29, 0.717) is 18.8 Å². The van der Waals surface area contributed by atoms with Gasteiger partial charge in [-0.1, -0.05) is 35.9 Å². The van der Waals surface area contributed by atoms with Gasteiger partial charge in [-0.25, -0.2) is 9.18 Å². The molecule has 0 bridgehead atoms. The van der Waals surface area contributed by atoms with Crippen molar-refractivity contribution in [1.29, 1.82) is 0 Å². The van der Waals surface area contributed by atoms with Gasteiger partial charge in [0.25, 0.3) is 0 Å². The zero-order valence-corrected chi connectivity index (χ0v) is 14.9. The van der Waals surface area contributed by atoms with Crippen molar-refractivity contribution >= 4 is 23.3 Å². The van der Waals surface area contributed by atoms with Crippen LogP contribution in [0.1, 0.15) is 11.1 Å². The highest BCUT2D eigenvalue weighted by molar-refractivity contribution is 6.31. The summed E-state index contributed by atoms with van der Waals surface area (Å²) < 4.78 is 13.2. The standard InChI is InChI=1S/C19H21ClFN3O/c1-14-4-2-3-5-15(14)13-23-8-10-24(11-9-23)19(25)22-16-6-7-18(21)17(20)12-16/h2-7,12H,8-11,13H2,1H3,(H,22,25). The Bertz CT molecular complexity index is 760. The summed E-state index contributed by atoms with van der Waals surface area (Å²) >= 11 is 5.75. The molecule has 0 spiro atoms. The minimum absolute atomic E-state index is 0.000787. The summed E-state index contributed by atoms with van der Waals surface area (Å²) in [6, 6.07) is 12.4. The van der Waals surface area contributed by atoms with E-state index in [1.165, 1.54) is 29.3 Å². The molecule has 1 aliphatic heterocycles. The molecule has 2 aromatic rings. The van der Waals surface area contributed by atoms with Crippen molar-refractivity contribution in [2.75, 3.05) is 31.5 Å². The first-order valence-electron chi connectivity index (χ1n) is 8.31. The van der Waals surface area contributed by atoms with Gasteiger partial charge in [-0.05, 0) is 36.2 Å². The van der Waals surface area contributed by atoms with Crippen LogP contribution in [0, 0.1) is 12.7 Å². The van der Waals surface area contributed by atoms with Crippen LogP contribution >= 0.6 is 11.6 Å². The molecule has 0 saturated carbocycles. The van der Waals surface area contributed by atoms with Crippen molar-refractivity contribution in [3.8, 4) is 0 Å². The number of amides is 2. The number of carbonyl (C=O) groups excluding carboxylic acids is 1. The van der Waals surface area contributed by atoms with Gasteiger partial charge < -0.3 is 10.2 Å². The largest absolute Gasteiger partial charge is 0.322 e. The number of hydrogen-bond donors (Lipinski definition) is 1. The van der Waals surface area contributed by atoms with Crippen LogP contribution in [-0.4, -0.2) is 42.0 Å². The molecule has 132 valence electrons. The number of nitrogens with zero attached hydrogens (tertiary/aromatic N) is 2. The van der Waals surface area contributed by atoms with Gasteiger partial charge in [0, 0.05) is 38.4 Å². The summed E-state index contributed by atoms with van der Waals surface area (Å²) in [6.07, 6.45) is 0. The molecule has 1 saturated heterocycles. The summed E-state index contributed by atoms with van der Waals surface area (Å²) in [5, 5.41) is 2.77. The van der Waals surface area contributed by atoms with Crippen molar-refractivity contribution in [3.05, 3.63) is 64.4 Å². The van der Waals surface area contributed by atoms with Crippen LogP contribution < -0.4 is 5.32 Å². The van der Waals surface area contributed by atoms with E-state index < -0.39 is 5.82 Å². The van der Waals surface area contributed by atoms with Crippen LogP contribution in [0.2, 0.25) is 5.02 Å². The fourth-order valence-electron chi connectivity index (χ4n) is 2.91. The number of hydrogen-bond acceptors (Lipinski definition) is 2. The number of benzene rings is 2. The van der Waals surface area contributed by atoms with E-state index in [0.717, 1.165) is 19.6 Å². The highest BCUT2D eigenvalue weighted by Crippen LogP contribution is 2.20. The Morgan fingerprint density at radius 3 is 2.56 bits per heavy atom. The second-order valence-electron chi connectivity index (χ2n) is 6.25. The summed E-state index contributed by atoms with van der Waals surface area (Å²) in [4.78, 5) is 16.5. The summed E-state index contributed by atoms with van der Waals surface area (Å²) in [7, 11) is 0. The second kappa shape index (κ2) is 7.85. The van der Waals surface area contributed by atoms with Gasteiger partial charge in [-0.15, -0.1) is 0 Å². The smallest absolute Gasteiger partial charge is 0.321 e. The van der Waals surface area contributed by atoms with Crippen LogP contribution in [-0.2, 0) is 6.54 Å². The predicted molar refractivity (Wildman–Crippen MR) is 98.5 cm³/mol. The van der Waals surface area contributed by atoms with Gasteiger partial charge in [-0.2, -0.15) is 0 Å². The molecular formula is C19H21ClFN3O. The van der Waals surface area contributed by atoms with Crippen molar-refractivity contribution in [3.63, 3.8) is 0 Å². The Morgan fingerprint density at radius 1 is 1.16 bits per heavy atom. The average Bonchev–Trinajstić information content (AvgIpc) is 2.61. The minimum atomic E-state index is -0.496. The molecule has 3 rings (SSSR count). The normalized spacial score (nSPS) is 15.2. The third-order valence-electron chi connectivity index (χ3n) is 4.49. The molecule has 2 amide bonds. The molecule has 1 heterocycles. The van der Waals surface area contributed by atoms with Crippen LogP contribution in [0.25, 0.3) is 0 Å². The number of carbonyl (C=O) groups is 1. The van der Waals surface area contributed by atoms with E-state index in [1.807, 2.05) is 6.07 Å². The van der Waals surface area contributed by atoms with Crippen LogP contribution in [0.15, 0.2) is 42.5 Å². The monoisotopic (exact) mass is 361 g/mol. The maximum absolute atomic E-state index is 13.2. The van der Waals surface area contributed by atoms with E-state index in [2.05, 4.69) is 35.3 Å².